The van der Waals surface area contributed by atoms with Gasteiger partial charge in [-0.25, -0.2) is 0 Å². The Morgan fingerprint density at radius 3 is 2.90 bits per heavy atom. The van der Waals surface area contributed by atoms with Crippen LogP contribution in [-0.2, 0) is 4.79 Å². The van der Waals surface area contributed by atoms with Crippen LogP contribution in [0.15, 0.2) is 24.3 Å². The van der Waals surface area contributed by atoms with Crippen LogP contribution in [-0.4, -0.2) is 18.5 Å². The Balaban J connectivity index is 1.73. The Hall–Kier alpha value is -1.35. The van der Waals surface area contributed by atoms with Crippen LogP contribution in [0.5, 0.6) is 0 Å². The highest BCUT2D eigenvalue weighted by Crippen LogP contribution is 2.38. The number of carbonyl (C=O) groups excluding carboxylic acids is 1. The van der Waals surface area contributed by atoms with Crippen LogP contribution in [0.4, 0.5) is 5.69 Å². The van der Waals surface area contributed by atoms with Crippen molar-refractivity contribution >= 4 is 11.6 Å². The fourth-order valence-corrected chi connectivity index (χ4v) is 3.80. The maximum atomic E-state index is 12.6. The average molecular weight is 272 g/mol. The highest BCUT2D eigenvalue weighted by Gasteiger charge is 2.42. The molecule has 0 bridgehead atoms. The van der Waals surface area contributed by atoms with Gasteiger partial charge in [0, 0.05) is 5.69 Å². The topological polar surface area (TPSA) is 41.1 Å². The second-order valence-corrected chi connectivity index (χ2v) is 6.47. The molecule has 1 aliphatic carbocycles. The predicted molar refractivity (Wildman–Crippen MR) is 81.8 cm³/mol. The Labute approximate surface area is 121 Å². The van der Waals surface area contributed by atoms with Gasteiger partial charge in [0.05, 0.1) is 6.04 Å². The van der Waals surface area contributed by atoms with E-state index in [2.05, 4.69) is 30.5 Å². The third kappa shape index (κ3) is 2.47. The lowest BCUT2D eigenvalue weighted by Crippen LogP contribution is -2.39. The molecule has 108 valence electrons. The lowest BCUT2D eigenvalue weighted by Gasteiger charge is -2.20. The first-order valence-corrected chi connectivity index (χ1v) is 7.80. The van der Waals surface area contributed by atoms with E-state index in [1.807, 2.05) is 18.2 Å². The maximum Gasteiger partial charge on any atom is 0.241 e. The van der Waals surface area contributed by atoms with Crippen molar-refractivity contribution in [2.75, 3.05) is 11.9 Å². The molecule has 3 heteroatoms. The Kier molecular flexibility index (Phi) is 3.79. The zero-order valence-electron chi connectivity index (χ0n) is 12.4. The summed E-state index contributed by atoms with van der Waals surface area (Å²) in [4.78, 5) is 12.6. The molecule has 3 rings (SSSR count). The molecular weight excluding hydrogens is 248 g/mol. The number of carbonyl (C=O) groups is 1. The van der Waals surface area contributed by atoms with Crippen molar-refractivity contribution in [3.63, 3.8) is 0 Å². The first-order chi connectivity index (χ1) is 9.66. The van der Waals surface area contributed by atoms with E-state index < -0.39 is 0 Å². The summed E-state index contributed by atoms with van der Waals surface area (Å²) in [5.41, 5.74) is 2.18. The van der Waals surface area contributed by atoms with E-state index in [9.17, 15) is 4.79 Å². The summed E-state index contributed by atoms with van der Waals surface area (Å²) >= 11 is 0. The summed E-state index contributed by atoms with van der Waals surface area (Å²) in [6.07, 6.45) is 3.76. The number of para-hydroxylation sites is 1. The summed E-state index contributed by atoms with van der Waals surface area (Å²) in [7, 11) is 0. The highest BCUT2D eigenvalue weighted by atomic mass is 16.2. The van der Waals surface area contributed by atoms with E-state index in [1.165, 1.54) is 24.8 Å². The molecule has 0 radical (unpaired) electrons. The van der Waals surface area contributed by atoms with E-state index in [1.54, 1.807) is 0 Å². The quantitative estimate of drug-likeness (QED) is 0.887. The molecule has 1 aromatic carbocycles. The third-order valence-electron chi connectivity index (χ3n) is 4.87. The van der Waals surface area contributed by atoms with Crippen molar-refractivity contribution in [2.24, 2.45) is 11.8 Å². The monoisotopic (exact) mass is 272 g/mol. The maximum absolute atomic E-state index is 12.6. The molecule has 0 spiro atoms. The number of amides is 1. The smallest absolute Gasteiger partial charge is 0.241 e. The molecule has 3 atom stereocenters. The molecule has 1 heterocycles. The first kappa shape index (κ1) is 13.6. The molecule has 2 N–H and O–H groups in total. The summed E-state index contributed by atoms with van der Waals surface area (Å²) in [5, 5.41) is 6.56. The highest BCUT2D eigenvalue weighted by molar-refractivity contribution is 5.96. The molecule has 3 unspecified atom stereocenters. The minimum Gasteiger partial charge on any atom is -0.324 e. The molecule has 2 aliphatic rings. The van der Waals surface area contributed by atoms with Gasteiger partial charge >= 0.3 is 0 Å². The number of fused-ring (bicyclic) bond motifs is 1. The van der Waals surface area contributed by atoms with E-state index in [4.69, 9.17) is 0 Å². The van der Waals surface area contributed by atoms with Crippen molar-refractivity contribution in [1.82, 2.24) is 5.32 Å². The van der Waals surface area contributed by atoms with Gasteiger partial charge in [-0.3, -0.25) is 4.79 Å². The summed E-state index contributed by atoms with van der Waals surface area (Å²) < 4.78 is 0. The second-order valence-electron chi connectivity index (χ2n) is 6.47. The number of hydrogen-bond acceptors (Lipinski definition) is 2. The Morgan fingerprint density at radius 1 is 1.30 bits per heavy atom. The van der Waals surface area contributed by atoms with E-state index in [0.717, 1.165) is 12.2 Å². The van der Waals surface area contributed by atoms with Crippen LogP contribution in [0.25, 0.3) is 0 Å². The molecule has 2 fully saturated rings. The molecule has 1 aromatic rings. The lowest BCUT2D eigenvalue weighted by atomic mass is 9.93. The van der Waals surface area contributed by atoms with Gasteiger partial charge in [0.15, 0.2) is 0 Å². The standard InChI is InChI=1S/C17H24N2O/c1-11(2)13-7-3-4-9-15(13)19-17(20)16-14-8-5-6-12(14)10-18-16/h3-4,7,9,11-12,14,16,18H,5-6,8,10H2,1-2H3,(H,19,20). The van der Waals surface area contributed by atoms with Crippen molar-refractivity contribution < 1.29 is 4.79 Å². The second kappa shape index (κ2) is 5.57. The Morgan fingerprint density at radius 2 is 2.10 bits per heavy atom. The van der Waals surface area contributed by atoms with Crippen LogP contribution in [0.1, 0.15) is 44.6 Å². The van der Waals surface area contributed by atoms with Crippen LogP contribution in [0.3, 0.4) is 0 Å². The average Bonchev–Trinajstić information content (AvgIpc) is 3.01. The van der Waals surface area contributed by atoms with Crippen LogP contribution < -0.4 is 10.6 Å². The molecule has 3 nitrogen and oxygen atoms in total. The van der Waals surface area contributed by atoms with Crippen molar-refractivity contribution in [1.29, 1.82) is 0 Å². The zero-order chi connectivity index (χ0) is 14.1. The summed E-state index contributed by atoms with van der Waals surface area (Å²) in [6, 6.07) is 8.13. The number of nitrogens with one attached hydrogen (secondary N) is 2. The van der Waals surface area contributed by atoms with Gasteiger partial charge in [-0.05, 0) is 48.8 Å². The van der Waals surface area contributed by atoms with E-state index in [-0.39, 0.29) is 11.9 Å². The van der Waals surface area contributed by atoms with E-state index >= 15 is 0 Å². The number of hydrogen-bond donors (Lipinski definition) is 2. The molecular formula is C17H24N2O. The minimum atomic E-state index is 0.00252. The van der Waals surface area contributed by atoms with Crippen LogP contribution in [0.2, 0.25) is 0 Å². The Bertz CT molecular complexity index is 498. The molecule has 0 aromatic heterocycles. The van der Waals surface area contributed by atoms with Crippen molar-refractivity contribution in [3.8, 4) is 0 Å². The van der Waals surface area contributed by atoms with Crippen LogP contribution >= 0.6 is 0 Å². The zero-order valence-corrected chi connectivity index (χ0v) is 12.4. The van der Waals surface area contributed by atoms with Gasteiger partial charge in [0.2, 0.25) is 5.91 Å². The fourth-order valence-electron chi connectivity index (χ4n) is 3.80. The SMILES string of the molecule is CC(C)c1ccccc1NC(=O)C1NCC2CCCC21. The van der Waals surface area contributed by atoms with Crippen molar-refractivity contribution in [3.05, 3.63) is 29.8 Å². The minimum absolute atomic E-state index is 0.00252. The van der Waals surface area contributed by atoms with Gasteiger partial charge in [-0.1, -0.05) is 38.5 Å². The fraction of sp³-hybridized carbons (Fsp3) is 0.588. The van der Waals surface area contributed by atoms with Gasteiger partial charge < -0.3 is 10.6 Å². The third-order valence-corrected chi connectivity index (χ3v) is 4.87. The first-order valence-electron chi connectivity index (χ1n) is 7.80. The van der Waals surface area contributed by atoms with Crippen molar-refractivity contribution in [2.45, 2.75) is 45.1 Å². The predicted octanol–water partition coefficient (Wildman–Crippen LogP) is 3.14. The number of benzene rings is 1. The number of rotatable bonds is 3. The van der Waals surface area contributed by atoms with Crippen LogP contribution in [0, 0.1) is 11.8 Å². The lowest BCUT2D eigenvalue weighted by molar-refractivity contribution is -0.118. The van der Waals surface area contributed by atoms with E-state index in [0.29, 0.717) is 17.8 Å². The largest absolute Gasteiger partial charge is 0.324 e. The number of anilines is 1. The molecule has 1 saturated heterocycles. The van der Waals surface area contributed by atoms with Gasteiger partial charge in [-0.2, -0.15) is 0 Å². The molecule has 20 heavy (non-hydrogen) atoms. The van der Waals surface area contributed by atoms with Gasteiger partial charge in [0.1, 0.15) is 0 Å². The normalized spacial score (nSPS) is 28.6. The molecule has 1 amide bonds. The molecule has 1 aliphatic heterocycles. The summed E-state index contributed by atoms with van der Waals surface area (Å²) in [6.45, 7) is 5.33. The van der Waals surface area contributed by atoms with Gasteiger partial charge in [0.25, 0.3) is 0 Å². The summed E-state index contributed by atoms with van der Waals surface area (Å²) in [5.74, 6) is 1.82. The molecule has 1 saturated carbocycles. The van der Waals surface area contributed by atoms with Gasteiger partial charge in [-0.15, -0.1) is 0 Å².